The number of benzene rings is 1. The van der Waals surface area contributed by atoms with E-state index in [1.54, 1.807) is 0 Å². The number of aromatic nitrogens is 2. The van der Waals surface area contributed by atoms with E-state index < -0.39 is 8.07 Å². The molecule has 1 aliphatic heterocycles. The van der Waals surface area contributed by atoms with Gasteiger partial charge in [0.1, 0.15) is 20.4 Å². The van der Waals surface area contributed by atoms with E-state index in [2.05, 4.69) is 62.1 Å². The fourth-order valence-electron chi connectivity index (χ4n) is 2.94. The van der Waals surface area contributed by atoms with E-state index in [0.29, 0.717) is 6.61 Å². The molecule has 1 aromatic heterocycles. The van der Waals surface area contributed by atoms with E-state index in [1.165, 1.54) is 10.9 Å². The van der Waals surface area contributed by atoms with Crippen molar-refractivity contribution >= 4 is 13.4 Å². The van der Waals surface area contributed by atoms with Crippen LogP contribution in [-0.4, -0.2) is 30.3 Å². The molecule has 0 fully saturated rings. The van der Waals surface area contributed by atoms with Crippen molar-refractivity contribution in [2.45, 2.75) is 58.5 Å². The normalized spacial score (nSPS) is 17.5. The number of fused-ring (bicyclic) bond motifs is 1. The van der Waals surface area contributed by atoms with Gasteiger partial charge in [-0.25, -0.2) is 4.98 Å². The van der Waals surface area contributed by atoms with E-state index >= 15 is 0 Å². The van der Waals surface area contributed by atoms with Crippen molar-refractivity contribution in [1.29, 1.82) is 0 Å². The Morgan fingerprint density at radius 1 is 1.21 bits per heavy atom. The molecule has 24 heavy (non-hydrogen) atoms. The lowest BCUT2D eigenvalue weighted by atomic mass is 9.87. The van der Waals surface area contributed by atoms with Crippen molar-refractivity contribution in [2.75, 3.05) is 6.61 Å². The van der Waals surface area contributed by atoms with Crippen LogP contribution in [0.2, 0.25) is 19.6 Å². The van der Waals surface area contributed by atoms with Crippen LogP contribution in [0.25, 0.3) is 0 Å². The Morgan fingerprint density at radius 2 is 1.88 bits per heavy atom. The average molecular weight is 345 g/mol. The molecule has 0 amide bonds. The van der Waals surface area contributed by atoms with Gasteiger partial charge in [-0.05, 0) is 23.1 Å². The molecule has 0 spiro atoms. The van der Waals surface area contributed by atoms with Gasteiger partial charge in [-0.1, -0.05) is 52.5 Å². The van der Waals surface area contributed by atoms with E-state index in [1.807, 2.05) is 18.3 Å². The molecule has 0 radical (unpaired) electrons. The number of imidazole rings is 1. The van der Waals surface area contributed by atoms with E-state index in [9.17, 15) is 0 Å². The highest BCUT2D eigenvalue weighted by Crippen LogP contribution is 2.25. The second-order valence-corrected chi connectivity index (χ2v) is 13.6. The minimum atomic E-state index is -1.40. The Morgan fingerprint density at radius 3 is 2.46 bits per heavy atom. The van der Waals surface area contributed by atoms with Crippen LogP contribution in [-0.2, 0) is 12.0 Å². The fraction of sp³-hybridized carbons (Fsp3) is 0.526. The summed E-state index contributed by atoms with van der Waals surface area (Å²) >= 11 is 0. The molecule has 2 aromatic rings. The van der Waals surface area contributed by atoms with Crippen LogP contribution >= 0.6 is 0 Å². The molecular weight excluding hydrogens is 316 g/mol. The van der Waals surface area contributed by atoms with E-state index in [-0.39, 0.29) is 11.5 Å². The molecule has 0 bridgehead atoms. The first-order valence-corrected chi connectivity index (χ1v) is 12.1. The molecule has 2 heterocycles. The van der Waals surface area contributed by atoms with Gasteiger partial charge in [0.05, 0.1) is 6.54 Å². The molecule has 0 saturated carbocycles. The molecule has 0 aliphatic carbocycles. The Hall–Kier alpha value is -1.75. The van der Waals surface area contributed by atoms with Crippen molar-refractivity contribution in [1.82, 2.24) is 9.55 Å². The molecule has 0 unspecified atom stereocenters. The number of hydrogen-bond donors (Lipinski definition) is 0. The second kappa shape index (κ2) is 5.95. The Labute approximate surface area is 145 Å². The summed E-state index contributed by atoms with van der Waals surface area (Å²) in [4.78, 5) is 4.43. The third-order valence-corrected chi connectivity index (χ3v) is 6.34. The smallest absolute Gasteiger partial charge is 0.296 e. The minimum absolute atomic E-state index is 0.0334. The van der Waals surface area contributed by atoms with Crippen LogP contribution in [0, 0.1) is 0 Å². The standard InChI is InChI=1S/C19H28N2O2Si/c1-19(2,3)14-7-9-15(10-8-14)22-13-16-12-21-17(24(4,5)6)11-20-18(21)23-16/h7-11,16H,12-13H2,1-6H3/t16-/m0/s1. The van der Waals surface area contributed by atoms with Gasteiger partial charge < -0.3 is 9.47 Å². The zero-order chi connectivity index (χ0) is 17.5. The van der Waals surface area contributed by atoms with Crippen molar-refractivity contribution in [3.63, 3.8) is 0 Å². The lowest BCUT2D eigenvalue weighted by Crippen LogP contribution is -2.43. The molecule has 0 N–H and O–H groups in total. The maximum atomic E-state index is 5.93. The highest BCUT2D eigenvalue weighted by Gasteiger charge is 2.31. The first-order valence-electron chi connectivity index (χ1n) is 8.60. The molecule has 4 nitrogen and oxygen atoms in total. The molecular formula is C19H28N2O2Si. The van der Waals surface area contributed by atoms with Gasteiger partial charge >= 0.3 is 0 Å². The van der Waals surface area contributed by atoms with Crippen LogP contribution < -0.4 is 14.8 Å². The van der Waals surface area contributed by atoms with Gasteiger partial charge in [-0.15, -0.1) is 0 Å². The first-order chi connectivity index (χ1) is 11.1. The zero-order valence-corrected chi connectivity index (χ0v) is 16.6. The quantitative estimate of drug-likeness (QED) is 0.796. The van der Waals surface area contributed by atoms with Crippen molar-refractivity contribution in [3.8, 4) is 11.8 Å². The van der Waals surface area contributed by atoms with Crippen LogP contribution in [0.1, 0.15) is 26.3 Å². The minimum Gasteiger partial charge on any atom is -0.490 e. The molecule has 5 heteroatoms. The summed E-state index contributed by atoms with van der Waals surface area (Å²) in [5, 5.41) is 1.34. The van der Waals surface area contributed by atoms with Crippen molar-refractivity contribution < 1.29 is 9.47 Å². The second-order valence-electron chi connectivity index (χ2n) is 8.61. The highest BCUT2D eigenvalue weighted by atomic mass is 28.3. The summed E-state index contributed by atoms with van der Waals surface area (Å²) in [6.07, 6.45) is 2.01. The third-order valence-electron chi connectivity index (χ3n) is 4.40. The Kier molecular flexibility index (Phi) is 4.24. The predicted molar refractivity (Wildman–Crippen MR) is 100 cm³/mol. The summed E-state index contributed by atoms with van der Waals surface area (Å²) in [5.41, 5.74) is 1.47. The summed E-state index contributed by atoms with van der Waals surface area (Å²) in [7, 11) is -1.40. The lowest BCUT2D eigenvalue weighted by Gasteiger charge is -2.19. The topological polar surface area (TPSA) is 36.3 Å². The van der Waals surface area contributed by atoms with E-state index in [0.717, 1.165) is 18.3 Å². The Balaban J connectivity index is 1.60. The average Bonchev–Trinajstić information content (AvgIpc) is 3.03. The molecule has 0 saturated heterocycles. The summed E-state index contributed by atoms with van der Waals surface area (Å²) in [5.74, 6) is 0.890. The lowest BCUT2D eigenvalue weighted by molar-refractivity contribution is 0.143. The number of rotatable bonds is 4. The van der Waals surface area contributed by atoms with Crippen LogP contribution in [0.3, 0.4) is 0 Å². The van der Waals surface area contributed by atoms with Crippen LogP contribution in [0.15, 0.2) is 30.5 Å². The number of nitrogens with zero attached hydrogens (tertiary/aromatic N) is 2. The summed E-state index contributed by atoms with van der Waals surface area (Å²) in [6, 6.07) is 9.10. The van der Waals surface area contributed by atoms with Gasteiger partial charge in [0, 0.05) is 11.5 Å². The molecule has 1 atom stereocenters. The van der Waals surface area contributed by atoms with Crippen molar-refractivity contribution in [2.24, 2.45) is 0 Å². The predicted octanol–water partition coefficient (Wildman–Crippen LogP) is 3.57. The monoisotopic (exact) mass is 344 g/mol. The van der Waals surface area contributed by atoms with Crippen molar-refractivity contribution in [3.05, 3.63) is 36.0 Å². The highest BCUT2D eigenvalue weighted by molar-refractivity contribution is 6.88. The summed E-state index contributed by atoms with van der Waals surface area (Å²) < 4.78 is 14.1. The Bertz CT molecular complexity index is 708. The van der Waals surface area contributed by atoms with Crippen LogP contribution in [0.5, 0.6) is 11.8 Å². The number of ether oxygens (including phenoxy) is 2. The molecule has 130 valence electrons. The first kappa shape index (κ1) is 17.1. The molecule has 1 aromatic carbocycles. The SMILES string of the molecule is CC(C)(C)c1ccc(OC[C@@H]2Cn3c([Si](C)(C)C)cnc3O2)cc1. The van der Waals surface area contributed by atoms with Gasteiger partial charge in [0.2, 0.25) is 0 Å². The zero-order valence-electron chi connectivity index (χ0n) is 15.6. The third kappa shape index (κ3) is 3.51. The largest absolute Gasteiger partial charge is 0.490 e. The molecule has 1 aliphatic rings. The van der Waals surface area contributed by atoms with Gasteiger partial charge in [0.25, 0.3) is 6.01 Å². The van der Waals surface area contributed by atoms with Crippen LogP contribution in [0.4, 0.5) is 0 Å². The molecule has 3 rings (SSSR count). The summed E-state index contributed by atoms with van der Waals surface area (Å²) in [6.45, 7) is 15.0. The number of hydrogen-bond acceptors (Lipinski definition) is 3. The van der Waals surface area contributed by atoms with Gasteiger partial charge in [-0.3, -0.25) is 4.57 Å². The fourth-order valence-corrected chi connectivity index (χ4v) is 4.39. The van der Waals surface area contributed by atoms with Gasteiger partial charge in [-0.2, -0.15) is 0 Å². The maximum absolute atomic E-state index is 5.93. The van der Waals surface area contributed by atoms with Gasteiger partial charge in [0.15, 0.2) is 6.10 Å². The van der Waals surface area contributed by atoms with E-state index in [4.69, 9.17) is 9.47 Å². The maximum Gasteiger partial charge on any atom is 0.296 e.